The number of anilines is 1. The van der Waals surface area contributed by atoms with Crippen LogP contribution >= 0.6 is 0 Å². The van der Waals surface area contributed by atoms with E-state index in [9.17, 15) is 9.59 Å². The summed E-state index contributed by atoms with van der Waals surface area (Å²) in [6, 6.07) is 12.1. The van der Waals surface area contributed by atoms with Crippen molar-refractivity contribution in [2.45, 2.75) is 46.2 Å². The lowest BCUT2D eigenvalue weighted by Crippen LogP contribution is -2.52. The van der Waals surface area contributed by atoms with Gasteiger partial charge in [0.2, 0.25) is 5.91 Å². The van der Waals surface area contributed by atoms with Crippen molar-refractivity contribution in [1.29, 1.82) is 0 Å². The SMILES string of the molecule is Cc1ccc(C)c(NC(=O)CN2CCC3(CC2)N=C(c2ccc(C)c(C)c2)C(=O)N3)c1. The molecule has 1 saturated heterocycles. The Balaban J connectivity index is 1.38. The first kappa shape index (κ1) is 21.2. The highest BCUT2D eigenvalue weighted by Crippen LogP contribution is 2.29. The molecule has 0 radical (unpaired) electrons. The van der Waals surface area contributed by atoms with Gasteiger partial charge in [-0.05, 0) is 62.1 Å². The second kappa shape index (κ2) is 8.27. The fourth-order valence-electron chi connectivity index (χ4n) is 4.23. The predicted octanol–water partition coefficient (Wildman–Crippen LogP) is 3.27. The van der Waals surface area contributed by atoms with E-state index in [1.165, 1.54) is 5.56 Å². The van der Waals surface area contributed by atoms with Gasteiger partial charge in [0.15, 0.2) is 0 Å². The average Bonchev–Trinajstić information content (AvgIpc) is 3.05. The van der Waals surface area contributed by atoms with Gasteiger partial charge in [0.05, 0.1) is 6.54 Å². The van der Waals surface area contributed by atoms with Crippen LogP contribution in [0.3, 0.4) is 0 Å². The molecule has 2 aromatic rings. The summed E-state index contributed by atoms with van der Waals surface area (Å²) >= 11 is 0. The fraction of sp³-hybridized carbons (Fsp3) is 0.400. The second-order valence-corrected chi connectivity index (χ2v) is 8.89. The van der Waals surface area contributed by atoms with Crippen molar-refractivity contribution in [3.05, 3.63) is 64.2 Å². The molecular formula is C25H30N4O2. The molecule has 1 fully saturated rings. The number of nitrogens with one attached hydrogen (secondary N) is 2. The van der Waals surface area contributed by atoms with Crippen LogP contribution in [0.25, 0.3) is 0 Å². The topological polar surface area (TPSA) is 73.8 Å². The van der Waals surface area contributed by atoms with Crippen LogP contribution in [0.4, 0.5) is 5.69 Å². The van der Waals surface area contributed by atoms with Crippen LogP contribution in [0.5, 0.6) is 0 Å². The molecule has 2 amide bonds. The van der Waals surface area contributed by atoms with Gasteiger partial charge >= 0.3 is 0 Å². The number of nitrogens with zero attached hydrogens (tertiary/aromatic N) is 2. The van der Waals surface area contributed by atoms with E-state index in [4.69, 9.17) is 4.99 Å². The van der Waals surface area contributed by atoms with Gasteiger partial charge in [-0.15, -0.1) is 0 Å². The predicted molar refractivity (Wildman–Crippen MR) is 124 cm³/mol. The second-order valence-electron chi connectivity index (χ2n) is 8.89. The first-order valence-electron chi connectivity index (χ1n) is 10.8. The van der Waals surface area contributed by atoms with E-state index in [1.54, 1.807) is 0 Å². The number of aliphatic imine (C=N–C) groups is 1. The zero-order chi connectivity index (χ0) is 22.2. The molecule has 2 N–H and O–H groups in total. The van der Waals surface area contributed by atoms with Crippen LogP contribution in [0.1, 0.15) is 40.7 Å². The lowest BCUT2D eigenvalue weighted by molar-refractivity contribution is -0.119. The van der Waals surface area contributed by atoms with Gasteiger partial charge in [-0.2, -0.15) is 0 Å². The smallest absolute Gasteiger partial charge is 0.272 e. The van der Waals surface area contributed by atoms with Gasteiger partial charge in [-0.3, -0.25) is 19.5 Å². The van der Waals surface area contributed by atoms with Crippen molar-refractivity contribution in [2.24, 2.45) is 4.99 Å². The molecule has 162 valence electrons. The molecule has 6 nitrogen and oxygen atoms in total. The molecule has 0 atom stereocenters. The van der Waals surface area contributed by atoms with Crippen molar-refractivity contribution < 1.29 is 9.59 Å². The average molecular weight is 419 g/mol. The Morgan fingerprint density at radius 1 is 1.03 bits per heavy atom. The Labute approximate surface area is 183 Å². The van der Waals surface area contributed by atoms with E-state index in [0.29, 0.717) is 38.2 Å². The number of rotatable bonds is 4. The van der Waals surface area contributed by atoms with Crippen molar-refractivity contribution in [3.8, 4) is 0 Å². The number of carbonyl (C=O) groups is 2. The number of aryl methyl sites for hydroxylation is 4. The number of piperidine rings is 1. The first-order chi connectivity index (χ1) is 14.7. The molecular weight excluding hydrogens is 388 g/mol. The summed E-state index contributed by atoms with van der Waals surface area (Å²) in [6.45, 7) is 9.88. The molecule has 4 rings (SSSR count). The minimum Gasteiger partial charge on any atom is -0.326 e. The van der Waals surface area contributed by atoms with Gasteiger partial charge in [0, 0.05) is 37.2 Å². The molecule has 1 spiro atoms. The highest BCUT2D eigenvalue weighted by Gasteiger charge is 2.42. The summed E-state index contributed by atoms with van der Waals surface area (Å²) in [7, 11) is 0. The van der Waals surface area contributed by atoms with Crippen molar-refractivity contribution >= 4 is 23.2 Å². The minimum atomic E-state index is -0.550. The van der Waals surface area contributed by atoms with Crippen LogP contribution in [-0.4, -0.2) is 47.7 Å². The quantitative estimate of drug-likeness (QED) is 0.800. The number of hydrogen-bond donors (Lipinski definition) is 2. The Morgan fingerprint density at radius 2 is 1.74 bits per heavy atom. The van der Waals surface area contributed by atoms with E-state index in [1.807, 2.05) is 57.2 Å². The molecule has 31 heavy (non-hydrogen) atoms. The molecule has 0 bridgehead atoms. The normalized spacial score (nSPS) is 18.1. The Bertz CT molecular complexity index is 1070. The van der Waals surface area contributed by atoms with E-state index in [-0.39, 0.29) is 11.8 Å². The summed E-state index contributed by atoms with van der Waals surface area (Å²) in [5.41, 5.74) is 6.23. The molecule has 2 heterocycles. The zero-order valence-electron chi connectivity index (χ0n) is 18.7. The highest BCUT2D eigenvalue weighted by molar-refractivity contribution is 6.46. The number of likely N-dealkylation sites (tertiary alicyclic amines) is 1. The molecule has 2 aliphatic heterocycles. The van der Waals surface area contributed by atoms with E-state index < -0.39 is 5.66 Å². The summed E-state index contributed by atoms with van der Waals surface area (Å²) in [6.07, 6.45) is 1.40. The fourth-order valence-corrected chi connectivity index (χ4v) is 4.23. The maximum absolute atomic E-state index is 12.6. The number of hydrogen-bond acceptors (Lipinski definition) is 4. The third-order valence-corrected chi connectivity index (χ3v) is 6.39. The summed E-state index contributed by atoms with van der Waals surface area (Å²) in [5, 5.41) is 6.14. The summed E-state index contributed by atoms with van der Waals surface area (Å²) < 4.78 is 0. The maximum Gasteiger partial charge on any atom is 0.272 e. The summed E-state index contributed by atoms with van der Waals surface area (Å²) in [4.78, 5) is 32.2. The third-order valence-electron chi connectivity index (χ3n) is 6.39. The third kappa shape index (κ3) is 4.54. The molecule has 2 aromatic carbocycles. The van der Waals surface area contributed by atoms with Gasteiger partial charge < -0.3 is 10.6 Å². The van der Waals surface area contributed by atoms with Crippen molar-refractivity contribution in [2.75, 3.05) is 25.0 Å². The lowest BCUT2D eigenvalue weighted by Gasteiger charge is -2.36. The van der Waals surface area contributed by atoms with E-state index in [0.717, 1.165) is 27.9 Å². The number of benzene rings is 2. The van der Waals surface area contributed by atoms with Crippen LogP contribution < -0.4 is 10.6 Å². The molecule has 0 aliphatic carbocycles. The minimum absolute atomic E-state index is 0.0144. The Morgan fingerprint density at radius 3 is 2.45 bits per heavy atom. The molecule has 0 saturated carbocycles. The highest BCUT2D eigenvalue weighted by atomic mass is 16.2. The monoisotopic (exact) mass is 418 g/mol. The standard InChI is InChI=1S/C25H30N4O2/c1-16-5-6-18(3)21(13-16)26-22(30)15-29-11-9-25(10-12-29)27-23(24(31)28-25)20-8-7-17(2)19(4)14-20/h5-8,13-14H,9-12,15H2,1-4H3,(H,26,30)(H,28,31). The molecule has 0 aromatic heterocycles. The largest absolute Gasteiger partial charge is 0.326 e. The van der Waals surface area contributed by atoms with Gasteiger partial charge in [-0.25, -0.2) is 0 Å². The molecule has 0 unspecified atom stereocenters. The van der Waals surface area contributed by atoms with Crippen LogP contribution in [-0.2, 0) is 9.59 Å². The van der Waals surface area contributed by atoms with Crippen LogP contribution in [0.15, 0.2) is 41.4 Å². The van der Waals surface area contributed by atoms with Crippen molar-refractivity contribution in [1.82, 2.24) is 10.2 Å². The number of carbonyl (C=O) groups excluding carboxylic acids is 2. The van der Waals surface area contributed by atoms with Crippen LogP contribution in [0.2, 0.25) is 0 Å². The first-order valence-corrected chi connectivity index (χ1v) is 10.8. The van der Waals surface area contributed by atoms with E-state index >= 15 is 0 Å². The zero-order valence-corrected chi connectivity index (χ0v) is 18.7. The maximum atomic E-state index is 12.6. The molecule has 6 heteroatoms. The van der Waals surface area contributed by atoms with E-state index in [2.05, 4.69) is 22.5 Å². The molecule has 2 aliphatic rings. The summed E-state index contributed by atoms with van der Waals surface area (Å²) in [5.74, 6) is -0.121. The Hall–Kier alpha value is -2.99. The Kier molecular flexibility index (Phi) is 5.67. The van der Waals surface area contributed by atoms with Crippen LogP contribution in [0, 0.1) is 27.7 Å². The van der Waals surface area contributed by atoms with Gasteiger partial charge in [0.25, 0.3) is 5.91 Å². The van der Waals surface area contributed by atoms with Gasteiger partial charge in [-0.1, -0.05) is 24.3 Å². The van der Waals surface area contributed by atoms with Gasteiger partial charge in [0.1, 0.15) is 11.4 Å². The van der Waals surface area contributed by atoms with Crippen molar-refractivity contribution in [3.63, 3.8) is 0 Å². The lowest BCUT2D eigenvalue weighted by atomic mass is 9.98. The number of amides is 2.